The molecule has 1 unspecified atom stereocenters. The molecule has 3 N–H and O–H groups in total. The maximum absolute atomic E-state index is 13.3. The van der Waals surface area contributed by atoms with Crippen LogP contribution in [0.25, 0.3) is 0 Å². The van der Waals surface area contributed by atoms with E-state index in [1.807, 2.05) is 6.92 Å². The fourth-order valence-corrected chi connectivity index (χ4v) is 3.51. The lowest BCUT2D eigenvalue weighted by molar-refractivity contribution is -0.131. The number of imide groups is 1. The minimum atomic E-state index is -1.11. The summed E-state index contributed by atoms with van der Waals surface area (Å²) in [7, 11) is 1.37. The van der Waals surface area contributed by atoms with Crippen LogP contribution in [-0.4, -0.2) is 60.1 Å². The van der Waals surface area contributed by atoms with Crippen molar-refractivity contribution in [3.05, 3.63) is 51.8 Å². The number of aliphatic carboxylic acids is 1. The molecule has 0 fully saturated rings. The minimum Gasteiger partial charge on any atom is -0.496 e. The van der Waals surface area contributed by atoms with Gasteiger partial charge in [0.1, 0.15) is 12.3 Å². The number of hydrogen-bond acceptors (Lipinski definition) is 6. The van der Waals surface area contributed by atoms with Gasteiger partial charge in [-0.25, -0.2) is 9.59 Å². The Morgan fingerprint density at radius 2 is 2.00 bits per heavy atom. The van der Waals surface area contributed by atoms with Crippen LogP contribution in [0.15, 0.2) is 41.2 Å². The van der Waals surface area contributed by atoms with Gasteiger partial charge in [0.05, 0.1) is 18.7 Å². The van der Waals surface area contributed by atoms with Crippen LogP contribution in [0.5, 0.6) is 5.75 Å². The van der Waals surface area contributed by atoms with Gasteiger partial charge in [0.15, 0.2) is 0 Å². The molecule has 1 rings (SSSR count). The number of hydrogen-bond donors (Lipinski definition) is 3. The Balaban J connectivity index is 3.17. The van der Waals surface area contributed by atoms with Crippen LogP contribution >= 0.6 is 23.4 Å². The van der Waals surface area contributed by atoms with E-state index in [2.05, 4.69) is 17.2 Å². The molecule has 0 saturated carbocycles. The van der Waals surface area contributed by atoms with Crippen molar-refractivity contribution >= 4 is 47.2 Å². The lowest BCUT2D eigenvalue weighted by Crippen LogP contribution is -2.51. The predicted octanol–water partition coefficient (Wildman–Crippen LogP) is 3.65. The number of rotatable bonds is 12. The van der Waals surface area contributed by atoms with Gasteiger partial charge in [-0.2, -0.15) is 0 Å². The van der Waals surface area contributed by atoms with Crippen molar-refractivity contribution in [1.82, 2.24) is 15.5 Å². The first kappa shape index (κ1) is 28.1. The highest BCUT2D eigenvalue weighted by Gasteiger charge is 2.29. The first-order valence-corrected chi connectivity index (χ1v) is 11.4. The highest BCUT2D eigenvalue weighted by atomic mass is 35.5. The number of ether oxygens (including phenoxy) is 1. The van der Waals surface area contributed by atoms with Gasteiger partial charge in [0.2, 0.25) is 5.91 Å². The number of carbonyl (C=O) groups is 4. The van der Waals surface area contributed by atoms with E-state index < -0.39 is 36.4 Å². The average molecular weight is 498 g/mol. The number of thioether (sulfide) groups is 1. The zero-order valence-corrected chi connectivity index (χ0v) is 20.3. The molecule has 4 amide bonds. The van der Waals surface area contributed by atoms with Crippen molar-refractivity contribution < 1.29 is 29.0 Å². The van der Waals surface area contributed by atoms with Gasteiger partial charge < -0.3 is 20.5 Å². The SMILES string of the molecule is C=C(S/C=C/C(=O)O)C(CC)NC(=O)N(CC(=O)NCCC)C(=O)c1cc(Cl)ccc1OC. The van der Waals surface area contributed by atoms with E-state index >= 15 is 0 Å². The smallest absolute Gasteiger partial charge is 0.328 e. The maximum atomic E-state index is 13.3. The highest BCUT2D eigenvalue weighted by Crippen LogP contribution is 2.25. The zero-order chi connectivity index (χ0) is 25.0. The summed E-state index contributed by atoms with van der Waals surface area (Å²) in [5.74, 6) is -2.19. The fourth-order valence-electron chi connectivity index (χ4n) is 2.59. The molecule has 0 aliphatic heterocycles. The Morgan fingerprint density at radius 3 is 2.58 bits per heavy atom. The zero-order valence-electron chi connectivity index (χ0n) is 18.7. The molecule has 1 atom stereocenters. The summed E-state index contributed by atoms with van der Waals surface area (Å²) in [6, 6.07) is 2.98. The Bertz CT molecular complexity index is 921. The van der Waals surface area contributed by atoms with E-state index in [0.717, 1.165) is 22.7 Å². The fraction of sp³-hybridized carbons (Fsp3) is 0.364. The van der Waals surface area contributed by atoms with Crippen LogP contribution in [-0.2, 0) is 9.59 Å². The third-order valence-corrected chi connectivity index (χ3v) is 5.38. The number of carbonyl (C=O) groups excluding carboxylic acids is 3. The predicted molar refractivity (Wildman–Crippen MR) is 128 cm³/mol. The van der Waals surface area contributed by atoms with Crippen LogP contribution in [0, 0.1) is 0 Å². The van der Waals surface area contributed by atoms with Crippen LogP contribution in [0.3, 0.4) is 0 Å². The number of benzene rings is 1. The van der Waals surface area contributed by atoms with Gasteiger partial charge in [-0.3, -0.25) is 14.5 Å². The first-order valence-electron chi connectivity index (χ1n) is 10.1. The summed E-state index contributed by atoms with van der Waals surface area (Å²) in [4.78, 5) is 50.6. The Kier molecular flexibility index (Phi) is 12.1. The van der Waals surface area contributed by atoms with E-state index in [4.69, 9.17) is 21.4 Å². The van der Waals surface area contributed by atoms with E-state index in [0.29, 0.717) is 24.3 Å². The Hall–Kier alpha value is -2.98. The highest BCUT2D eigenvalue weighted by molar-refractivity contribution is 8.05. The van der Waals surface area contributed by atoms with Gasteiger partial charge >= 0.3 is 12.0 Å². The third kappa shape index (κ3) is 9.19. The molecule has 1 aromatic carbocycles. The number of halogens is 1. The number of amides is 4. The number of carboxylic acids is 1. The van der Waals surface area contributed by atoms with E-state index in [1.54, 1.807) is 6.92 Å². The van der Waals surface area contributed by atoms with Crippen molar-refractivity contribution in [3.8, 4) is 5.75 Å². The van der Waals surface area contributed by atoms with Crippen LogP contribution < -0.4 is 15.4 Å². The second-order valence-corrected chi connectivity index (χ2v) is 8.19. The van der Waals surface area contributed by atoms with Crippen molar-refractivity contribution in [2.45, 2.75) is 32.7 Å². The van der Waals surface area contributed by atoms with Crippen molar-refractivity contribution in [2.75, 3.05) is 20.2 Å². The average Bonchev–Trinajstić information content (AvgIpc) is 2.78. The third-order valence-electron chi connectivity index (χ3n) is 4.28. The van der Waals surface area contributed by atoms with Gasteiger partial charge in [-0.15, -0.1) is 11.8 Å². The summed E-state index contributed by atoms with van der Waals surface area (Å²) in [6.07, 6.45) is 2.06. The second kappa shape index (κ2) is 14.2. The molecule has 0 radical (unpaired) electrons. The maximum Gasteiger partial charge on any atom is 0.328 e. The molecular formula is C22H28ClN3O6S. The summed E-state index contributed by atoms with van der Waals surface area (Å²) in [5, 5.41) is 15.6. The molecule has 180 valence electrons. The van der Waals surface area contributed by atoms with E-state index in [-0.39, 0.29) is 16.3 Å². The number of urea groups is 1. The first-order chi connectivity index (χ1) is 15.6. The largest absolute Gasteiger partial charge is 0.496 e. The lowest BCUT2D eigenvalue weighted by Gasteiger charge is -2.25. The summed E-state index contributed by atoms with van der Waals surface area (Å²) in [5.41, 5.74) is 0.0223. The molecule has 33 heavy (non-hydrogen) atoms. The standard InChI is InChI=1S/C22H28ClN3O6S/c1-5-10-24-19(27)13-26(21(30)16-12-15(23)7-8-18(16)32-4)22(31)25-17(6-2)14(3)33-11-9-20(28)29/h7-9,11-12,17H,3,5-6,10,13H2,1-2,4H3,(H,24,27)(H,25,31)(H,28,29)/b11-9+. The van der Waals surface area contributed by atoms with Crippen molar-refractivity contribution in [1.29, 1.82) is 0 Å². The molecular weight excluding hydrogens is 470 g/mol. The molecule has 0 saturated heterocycles. The van der Waals surface area contributed by atoms with Gasteiger partial charge in [0, 0.05) is 22.5 Å². The summed E-state index contributed by atoms with van der Waals surface area (Å²) < 4.78 is 5.21. The topological polar surface area (TPSA) is 125 Å². The number of nitrogens with one attached hydrogen (secondary N) is 2. The summed E-state index contributed by atoms with van der Waals surface area (Å²) in [6.45, 7) is 7.40. The van der Waals surface area contributed by atoms with Gasteiger partial charge in [-0.05, 0) is 36.4 Å². The van der Waals surface area contributed by atoms with E-state index in [9.17, 15) is 19.2 Å². The normalized spacial score (nSPS) is 11.5. The molecule has 0 heterocycles. The van der Waals surface area contributed by atoms with Gasteiger partial charge in [-0.1, -0.05) is 32.0 Å². The van der Waals surface area contributed by atoms with Crippen LogP contribution in [0.1, 0.15) is 37.0 Å². The number of methoxy groups -OCH3 is 1. The molecule has 11 heteroatoms. The van der Waals surface area contributed by atoms with Crippen molar-refractivity contribution in [3.63, 3.8) is 0 Å². The molecule has 0 aliphatic rings. The van der Waals surface area contributed by atoms with Crippen LogP contribution in [0.2, 0.25) is 5.02 Å². The minimum absolute atomic E-state index is 0.0223. The summed E-state index contributed by atoms with van der Waals surface area (Å²) >= 11 is 7.06. The van der Waals surface area contributed by atoms with Gasteiger partial charge in [0.25, 0.3) is 5.91 Å². The lowest BCUT2D eigenvalue weighted by atomic mass is 10.1. The molecule has 0 aromatic heterocycles. The Morgan fingerprint density at radius 1 is 1.30 bits per heavy atom. The second-order valence-electron chi connectivity index (χ2n) is 6.72. The molecule has 1 aromatic rings. The monoisotopic (exact) mass is 497 g/mol. The quantitative estimate of drug-likeness (QED) is 0.376. The molecule has 0 aliphatic carbocycles. The van der Waals surface area contributed by atoms with Crippen LogP contribution in [0.4, 0.5) is 4.79 Å². The Labute approximate surface area is 202 Å². The van der Waals surface area contributed by atoms with Crippen molar-refractivity contribution in [2.24, 2.45) is 0 Å². The number of nitrogens with zero attached hydrogens (tertiary/aromatic N) is 1. The molecule has 9 nitrogen and oxygen atoms in total. The molecule has 0 spiro atoms. The van der Waals surface area contributed by atoms with E-state index in [1.165, 1.54) is 30.7 Å². The number of carboxylic acid groups (broad SMARTS) is 1. The molecule has 0 bridgehead atoms.